The molecule has 0 aliphatic carbocycles. The fraction of sp³-hybridized carbons (Fsp3) is 0.500. The second-order valence-electron chi connectivity index (χ2n) is 5.93. The van der Waals surface area contributed by atoms with Crippen molar-refractivity contribution in [2.45, 2.75) is 31.1 Å². The van der Waals surface area contributed by atoms with Crippen LogP contribution in [-0.4, -0.2) is 38.6 Å². The van der Waals surface area contributed by atoms with Crippen LogP contribution in [0.5, 0.6) is 0 Å². The van der Waals surface area contributed by atoms with Gasteiger partial charge in [0.05, 0.1) is 4.90 Å². The number of rotatable bonds is 4. The first-order chi connectivity index (χ1) is 9.50. The molecule has 0 spiro atoms. The first-order valence-electron chi connectivity index (χ1n) is 6.43. The number of amides is 1. The summed E-state index contributed by atoms with van der Waals surface area (Å²) in [5.74, 6) is -0.560. The molecule has 0 aliphatic heterocycles. The molecule has 5 nitrogen and oxygen atoms in total. The predicted octanol–water partition coefficient (Wildman–Crippen LogP) is 2.41. The second-order valence-corrected chi connectivity index (χ2v) is 8.35. The van der Waals surface area contributed by atoms with E-state index in [4.69, 9.17) is 11.6 Å². The average Bonchev–Trinajstić information content (AvgIpc) is 2.36. The van der Waals surface area contributed by atoms with Gasteiger partial charge >= 0.3 is 0 Å². The lowest BCUT2D eigenvalue weighted by atomic mass is 9.86. The molecule has 1 N–H and O–H groups in total. The normalized spacial score (nSPS) is 12.5. The number of carbonyl (C=O) groups excluding carboxylic acids is 1. The largest absolute Gasteiger partial charge is 0.325 e. The SMILES string of the molecule is CN(C)S(=O)(=O)c1ccc(C(C)(C)C)c(NC(=O)CCl)c1. The minimum absolute atomic E-state index is 0.130. The van der Waals surface area contributed by atoms with Crippen molar-refractivity contribution in [3.05, 3.63) is 23.8 Å². The number of halogens is 1. The number of carbonyl (C=O) groups is 1. The fourth-order valence-electron chi connectivity index (χ4n) is 1.84. The highest BCUT2D eigenvalue weighted by molar-refractivity contribution is 7.89. The van der Waals surface area contributed by atoms with Gasteiger partial charge in [-0.1, -0.05) is 26.8 Å². The Morgan fingerprint density at radius 3 is 2.29 bits per heavy atom. The quantitative estimate of drug-likeness (QED) is 0.861. The maximum Gasteiger partial charge on any atom is 0.242 e. The summed E-state index contributed by atoms with van der Waals surface area (Å²) < 4.78 is 25.5. The van der Waals surface area contributed by atoms with Crippen LogP contribution in [0.25, 0.3) is 0 Å². The third-order valence-electron chi connectivity index (χ3n) is 2.97. The van der Waals surface area contributed by atoms with Crippen LogP contribution in [0.4, 0.5) is 5.69 Å². The number of hydrogen-bond donors (Lipinski definition) is 1. The molecule has 1 amide bonds. The van der Waals surface area contributed by atoms with Crippen LogP contribution in [0.2, 0.25) is 0 Å². The van der Waals surface area contributed by atoms with E-state index >= 15 is 0 Å². The van der Waals surface area contributed by atoms with Crippen LogP contribution in [0.1, 0.15) is 26.3 Å². The van der Waals surface area contributed by atoms with E-state index in [1.54, 1.807) is 12.1 Å². The molecular formula is C14H21ClN2O3S. The van der Waals surface area contributed by atoms with Crippen molar-refractivity contribution in [3.8, 4) is 0 Å². The van der Waals surface area contributed by atoms with Gasteiger partial charge in [-0.05, 0) is 23.1 Å². The van der Waals surface area contributed by atoms with E-state index in [1.165, 1.54) is 20.2 Å². The Morgan fingerprint density at radius 1 is 1.29 bits per heavy atom. The summed E-state index contributed by atoms with van der Waals surface area (Å²) in [4.78, 5) is 11.7. The van der Waals surface area contributed by atoms with Crippen LogP contribution >= 0.6 is 11.6 Å². The molecule has 1 aromatic carbocycles. The predicted molar refractivity (Wildman–Crippen MR) is 85.4 cm³/mol. The average molecular weight is 333 g/mol. The van der Waals surface area contributed by atoms with E-state index in [1.807, 2.05) is 20.8 Å². The molecule has 118 valence electrons. The van der Waals surface area contributed by atoms with E-state index < -0.39 is 10.0 Å². The molecule has 1 rings (SSSR count). The van der Waals surface area contributed by atoms with E-state index in [2.05, 4.69) is 5.32 Å². The third-order valence-corrected chi connectivity index (χ3v) is 5.03. The molecule has 21 heavy (non-hydrogen) atoms. The molecule has 0 fully saturated rings. The van der Waals surface area contributed by atoms with Crippen molar-refractivity contribution in [1.29, 1.82) is 0 Å². The van der Waals surface area contributed by atoms with Crippen LogP contribution < -0.4 is 5.32 Å². The smallest absolute Gasteiger partial charge is 0.242 e. The molecule has 0 aromatic heterocycles. The summed E-state index contributed by atoms with van der Waals surface area (Å²) in [6, 6.07) is 4.74. The first-order valence-corrected chi connectivity index (χ1v) is 8.40. The van der Waals surface area contributed by atoms with E-state index in [0.717, 1.165) is 9.87 Å². The molecule has 0 saturated carbocycles. The molecule has 0 radical (unpaired) electrons. The Kier molecular flexibility index (Phi) is 5.41. The van der Waals surface area contributed by atoms with Crippen molar-refractivity contribution < 1.29 is 13.2 Å². The summed E-state index contributed by atoms with van der Waals surface area (Å²) in [5.41, 5.74) is 1.07. The molecule has 0 heterocycles. The fourth-order valence-corrected chi connectivity index (χ4v) is 2.83. The molecule has 0 saturated heterocycles. The molecule has 0 unspecified atom stereocenters. The van der Waals surface area contributed by atoms with Gasteiger partial charge in [-0.3, -0.25) is 4.79 Å². The highest BCUT2D eigenvalue weighted by atomic mass is 35.5. The highest BCUT2D eigenvalue weighted by Gasteiger charge is 2.23. The summed E-state index contributed by atoms with van der Waals surface area (Å²) in [6.45, 7) is 5.95. The van der Waals surface area contributed by atoms with Gasteiger partial charge in [0.15, 0.2) is 0 Å². The topological polar surface area (TPSA) is 66.5 Å². The Balaban J connectivity index is 3.44. The van der Waals surface area contributed by atoms with Crippen molar-refractivity contribution in [3.63, 3.8) is 0 Å². The van der Waals surface area contributed by atoms with Gasteiger partial charge in [-0.2, -0.15) is 0 Å². The lowest BCUT2D eigenvalue weighted by Gasteiger charge is -2.24. The van der Waals surface area contributed by atoms with Gasteiger partial charge in [0.2, 0.25) is 15.9 Å². The van der Waals surface area contributed by atoms with Crippen molar-refractivity contribution in [1.82, 2.24) is 4.31 Å². The van der Waals surface area contributed by atoms with Gasteiger partial charge in [0.1, 0.15) is 5.88 Å². The van der Waals surface area contributed by atoms with E-state index in [-0.39, 0.29) is 22.1 Å². The second kappa shape index (κ2) is 6.34. The minimum Gasteiger partial charge on any atom is -0.325 e. The zero-order valence-electron chi connectivity index (χ0n) is 12.9. The van der Waals surface area contributed by atoms with Gasteiger partial charge in [-0.15, -0.1) is 11.6 Å². The van der Waals surface area contributed by atoms with Crippen LogP contribution in [0, 0.1) is 0 Å². The highest BCUT2D eigenvalue weighted by Crippen LogP contribution is 2.32. The summed E-state index contributed by atoms with van der Waals surface area (Å²) in [7, 11) is -0.630. The van der Waals surface area contributed by atoms with Gasteiger partial charge in [0.25, 0.3) is 0 Å². The minimum atomic E-state index is -3.56. The summed E-state index contributed by atoms with van der Waals surface area (Å²) in [6.07, 6.45) is 0. The number of sulfonamides is 1. The Morgan fingerprint density at radius 2 is 1.86 bits per heavy atom. The Bertz CT molecular complexity index is 634. The molecule has 1 aromatic rings. The van der Waals surface area contributed by atoms with Crippen molar-refractivity contribution >= 4 is 33.2 Å². The van der Waals surface area contributed by atoms with Crippen LogP contribution in [0.3, 0.4) is 0 Å². The van der Waals surface area contributed by atoms with Crippen molar-refractivity contribution in [2.24, 2.45) is 0 Å². The number of nitrogens with zero attached hydrogens (tertiary/aromatic N) is 1. The number of anilines is 1. The lowest BCUT2D eigenvalue weighted by Crippen LogP contribution is -2.24. The molecule has 0 aliphatic rings. The lowest BCUT2D eigenvalue weighted by molar-refractivity contribution is -0.113. The molecular weight excluding hydrogens is 312 g/mol. The Labute approximate surface area is 131 Å². The number of benzene rings is 1. The van der Waals surface area contributed by atoms with Gasteiger partial charge in [0, 0.05) is 19.8 Å². The zero-order chi connectivity index (χ0) is 16.4. The summed E-state index contributed by atoms with van der Waals surface area (Å²) >= 11 is 5.51. The first kappa shape index (κ1) is 17.9. The van der Waals surface area contributed by atoms with E-state index in [0.29, 0.717) is 5.69 Å². The number of hydrogen-bond acceptors (Lipinski definition) is 3. The molecule has 0 bridgehead atoms. The molecule has 7 heteroatoms. The summed E-state index contributed by atoms with van der Waals surface area (Å²) in [5, 5.41) is 2.66. The number of nitrogens with one attached hydrogen (secondary N) is 1. The zero-order valence-corrected chi connectivity index (χ0v) is 14.5. The molecule has 0 atom stereocenters. The Hall–Kier alpha value is -1.11. The van der Waals surface area contributed by atoms with E-state index in [9.17, 15) is 13.2 Å². The third kappa shape index (κ3) is 4.18. The standard InChI is InChI=1S/C14H21ClN2O3S/c1-14(2,3)11-7-6-10(21(19,20)17(4)5)8-12(11)16-13(18)9-15/h6-8H,9H2,1-5H3,(H,16,18). The number of alkyl halides is 1. The maximum atomic E-state index is 12.2. The van der Waals surface area contributed by atoms with Gasteiger partial charge < -0.3 is 5.32 Å². The maximum absolute atomic E-state index is 12.2. The van der Waals surface area contributed by atoms with Crippen molar-refractivity contribution in [2.75, 3.05) is 25.3 Å². The monoisotopic (exact) mass is 332 g/mol. The van der Waals surface area contributed by atoms with Crippen LogP contribution in [-0.2, 0) is 20.2 Å². The van der Waals surface area contributed by atoms with Crippen LogP contribution in [0.15, 0.2) is 23.1 Å². The van der Waals surface area contributed by atoms with Gasteiger partial charge in [-0.25, -0.2) is 12.7 Å².